The predicted molar refractivity (Wildman–Crippen MR) is 147 cm³/mol. The van der Waals surface area contributed by atoms with Gasteiger partial charge in [0.05, 0.1) is 6.04 Å². The zero-order valence-corrected chi connectivity index (χ0v) is 22.1. The van der Waals surface area contributed by atoms with E-state index < -0.39 is 47.9 Å². The minimum atomic E-state index is -1.07. The molecule has 3 rings (SSSR count). The van der Waals surface area contributed by atoms with Crippen molar-refractivity contribution in [3.8, 4) is 0 Å². The van der Waals surface area contributed by atoms with Crippen molar-refractivity contribution in [3.63, 3.8) is 0 Å². The second-order valence-electron chi connectivity index (χ2n) is 9.92. The van der Waals surface area contributed by atoms with E-state index in [1.165, 1.54) is 4.90 Å². The molecule has 10 nitrogen and oxygen atoms in total. The average molecular weight is 538 g/mol. The van der Waals surface area contributed by atoms with Gasteiger partial charge in [-0.15, -0.1) is 0 Å². The van der Waals surface area contributed by atoms with Crippen LogP contribution in [0, 0.1) is 0 Å². The van der Waals surface area contributed by atoms with Crippen LogP contribution in [0.2, 0.25) is 0 Å². The van der Waals surface area contributed by atoms with Gasteiger partial charge < -0.3 is 32.1 Å². The molecule has 0 bridgehead atoms. The quantitative estimate of drug-likeness (QED) is 0.224. The molecule has 1 aliphatic heterocycles. The molecule has 2 aromatic carbocycles. The Hall–Kier alpha value is -3.76. The maximum atomic E-state index is 13.6. The molecular formula is C29H39N5O5. The zero-order chi connectivity index (χ0) is 28.2. The number of carbonyl (C=O) groups is 4. The summed E-state index contributed by atoms with van der Waals surface area (Å²) in [7, 11) is 0. The van der Waals surface area contributed by atoms with Gasteiger partial charge in [-0.1, -0.05) is 67.1 Å². The molecule has 1 fully saturated rings. The third-order valence-corrected chi connectivity index (χ3v) is 6.94. The Bertz CT molecular complexity index is 1100. The van der Waals surface area contributed by atoms with E-state index in [1.807, 2.05) is 60.7 Å². The minimum Gasteiger partial charge on any atom is -0.480 e. The molecular weight excluding hydrogens is 498 g/mol. The summed E-state index contributed by atoms with van der Waals surface area (Å²) in [5.74, 6) is -2.52. The molecule has 7 N–H and O–H groups in total. The summed E-state index contributed by atoms with van der Waals surface area (Å²) in [5.41, 5.74) is 13.3. The third kappa shape index (κ3) is 8.90. The summed E-state index contributed by atoms with van der Waals surface area (Å²) < 4.78 is 0. The molecule has 0 spiro atoms. The molecule has 3 amide bonds. The molecule has 4 unspecified atom stereocenters. The maximum absolute atomic E-state index is 13.6. The van der Waals surface area contributed by atoms with E-state index in [2.05, 4.69) is 10.6 Å². The molecule has 0 aromatic heterocycles. The van der Waals surface area contributed by atoms with E-state index in [0.717, 1.165) is 17.5 Å². The summed E-state index contributed by atoms with van der Waals surface area (Å²) in [6.07, 6.45) is 3.18. The number of benzene rings is 2. The first kappa shape index (κ1) is 29.8. The first-order chi connectivity index (χ1) is 18.8. The number of carboxylic acid groups (broad SMARTS) is 1. The number of aliphatic carboxylic acids is 1. The molecule has 10 heteroatoms. The molecule has 1 aliphatic rings. The van der Waals surface area contributed by atoms with Crippen LogP contribution in [0.15, 0.2) is 60.7 Å². The Morgan fingerprint density at radius 1 is 0.872 bits per heavy atom. The van der Waals surface area contributed by atoms with Crippen LogP contribution >= 0.6 is 0 Å². The maximum Gasteiger partial charge on any atom is 0.326 e. The van der Waals surface area contributed by atoms with E-state index in [0.29, 0.717) is 38.8 Å². The zero-order valence-electron chi connectivity index (χ0n) is 22.1. The summed E-state index contributed by atoms with van der Waals surface area (Å²) in [6.45, 7) is 0.808. The number of rotatable bonds is 14. The van der Waals surface area contributed by atoms with E-state index in [9.17, 15) is 24.3 Å². The van der Waals surface area contributed by atoms with Gasteiger partial charge in [0.2, 0.25) is 17.7 Å². The average Bonchev–Trinajstić information content (AvgIpc) is 3.43. The second kappa shape index (κ2) is 15.0. The first-order valence-corrected chi connectivity index (χ1v) is 13.5. The van der Waals surface area contributed by atoms with Crippen LogP contribution in [0.3, 0.4) is 0 Å². The highest BCUT2D eigenvalue weighted by Gasteiger charge is 2.38. The second-order valence-corrected chi connectivity index (χ2v) is 9.92. The Morgan fingerprint density at radius 2 is 1.44 bits per heavy atom. The Kier molecular flexibility index (Phi) is 11.4. The lowest BCUT2D eigenvalue weighted by molar-refractivity contribution is -0.149. The van der Waals surface area contributed by atoms with Gasteiger partial charge >= 0.3 is 5.97 Å². The van der Waals surface area contributed by atoms with Gasteiger partial charge in [0.15, 0.2) is 0 Å². The summed E-state index contributed by atoms with van der Waals surface area (Å²) in [5, 5.41) is 15.2. The van der Waals surface area contributed by atoms with Crippen molar-refractivity contribution in [3.05, 3.63) is 71.8 Å². The summed E-state index contributed by atoms with van der Waals surface area (Å²) >= 11 is 0. The fourth-order valence-corrected chi connectivity index (χ4v) is 4.79. The van der Waals surface area contributed by atoms with Crippen LogP contribution in [0.25, 0.3) is 0 Å². The molecule has 0 radical (unpaired) electrons. The standard InChI is InChI=1S/C29H39N5O5/c30-16-8-7-14-22(31)26(35)32-23(18-20-10-3-1-4-11-20)27(36)33-24(19-21-12-5-2-6-13-21)28(37)34-17-9-15-25(34)29(38)39/h1-6,10-13,22-25H,7-9,14-19,30-31H2,(H,32,35)(H,33,36)(H,38,39). The van der Waals surface area contributed by atoms with Crippen LogP contribution in [0.5, 0.6) is 0 Å². The van der Waals surface area contributed by atoms with Crippen LogP contribution < -0.4 is 22.1 Å². The van der Waals surface area contributed by atoms with E-state index in [1.54, 1.807) is 0 Å². The number of hydrogen-bond acceptors (Lipinski definition) is 6. The highest BCUT2D eigenvalue weighted by molar-refractivity contribution is 5.94. The Morgan fingerprint density at radius 3 is 2.00 bits per heavy atom. The summed E-state index contributed by atoms with van der Waals surface area (Å²) in [6, 6.07) is 14.7. The van der Waals surface area contributed by atoms with Gasteiger partial charge in [0, 0.05) is 19.4 Å². The molecule has 1 heterocycles. The first-order valence-electron chi connectivity index (χ1n) is 13.5. The smallest absolute Gasteiger partial charge is 0.326 e. The Labute approximate surface area is 229 Å². The lowest BCUT2D eigenvalue weighted by Gasteiger charge is -2.29. The van der Waals surface area contributed by atoms with Crippen molar-refractivity contribution in [1.82, 2.24) is 15.5 Å². The fraction of sp³-hybridized carbons (Fsp3) is 0.448. The highest BCUT2D eigenvalue weighted by Crippen LogP contribution is 2.20. The van der Waals surface area contributed by atoms with Crippen molar-refractivity contribution < 1.29 is 24.3 Å². The third-order valence-electron chi connectivity index (χ3n) is 6.94. The number of likely N-dealkylation sites (tertiary alicyclic amines) is 1. The largest absolute Gasteiger partial charge is 0.480 e. The minimum absolute atomic E-state index is 0.179. The van der Waals surface area contributed by atoms with Gasteiger partial charge in [-0.2, -0.15) is 0 Å². The lowest BCUT2D eigenvalue weighted by atomic mass is 10.0. The number of nitrogens with one attached hydrogen (secondary N) is 2. The summed E-state index contributed by atoms with van der Waals surface area (Å²) in [4.78, 5) is 53.2. The van der Waals surface area contributed by atoms with Crippen molar-refractivity contribution in [2.75, 3.05) is 13.1 Å². The van der Waals surface area contributed by atoms with Gasteiger partial charge in [-0.25, -0.2) is 4.79 Å². The topological polar surface area (TPSA) is 168 Å². The molecule has 0 aliphatic carbocycles. The monoisotopic (exact) mass is 537 g/mol. The molecule has 39 heavy (non-hydrogen) atoms. The van der Waals surface area contributed by atoms with E-state index in [-0.39, 0.29) is 12.8 Å². The van der Waals surface area contributed by atoms with Crippen molar-refractivity contribution in [2.45, 2.75) is 69.1 Å². The number of amides is 3. The highest BCUT2D eigenvalue weighted by atomic mass is 16.4. The fourth-order valence-electron chi connectivity index (χ4n) is 4.79. The molecule has 1 saturated heterocycles. The molecule has 210 valence electrons. The number of carboxylic acids is 1. The number of nitrogens with two attached hydrogens (primary N) is 2. The number of nitrogens with zero attached hydrogens (tertiary/aromatic N) is 1. The normalized spacial score (nSPS) is 17.2. The van der Waals surface area contributed by atoms with Gasteiger partial charge in [-0.05, 0) is 43.4 Å². The number of unbranched alkanes of at least 4 members (excludes halogenated alkanes) is 1. The van der Waals surface area contributed by atoms with Crippen molar-refractivity contribution >= 4 is 23.7 Å². The lowest BCUT2D eigenvalue weighted by Crippen LogP contribution is -2.58. The SMILES string of the molecule is NCCCCC(N)C(=O)NC(Cc1ccccc1)C(=O)NC(Cc1ccccc1)C(=O)N1CCCC1C(=O)O. The van der Waals surface area contributed by atoms with Gasteiger partial charge in [0.1, 0.15) is 18.1 Å². The van der Waals surface area contributed by atoms with Crippen LogP contribution in [0.1, 0.15) is 43.2 Å². The Balaban J connectivity index is 1.81. The van der Waals surface area contributed by atoms with Gasteiger partial charge in [-0.3, -0.25) is 14.4 Å². The molecule has 2 aromatic rings. The molecule has 0 saturated carbocycles. The molecule has 4 atom stereocenters. The van der Waals surface area contributed by atoms with E-state index in [4.69, 9.17) is 11.5 Å². The van der Waals surface area contributed by atoms with Crippen molar-refractivity contribution in [2.24, 2.45) is 11.5 Å². The van der Waals surface area contributed by atoms with Gasteiger partial charge in [0.25, 0.3) is 0 Å². The van der Waals surface area contributed by atoms with E-state index >= 15 is 0 Å². The van der Waals surface area contributed by atoms with Crippen LogP contribution in [-0.2, 0) is 32.0 Å². The number of hydrogen-bond donors (Lipinski definition) is 5. The van der Waals surface area contributed by atoms with Crippen molar-refractivity contribution in [1.29, 1.82) is 0 Å². The predicted octanol–water partition coefficient (Wildman–Crippen LogP) is 0.973. The number of carbonyl (C=O) groups excluding carboxylic acids is 3. The van der Waals surface area contributed by atoms with Crippen LogP contribution in [-0.4, -0.2) is 71.0 Å². The van der Waals surface area contributed by atoms with Crippen LogP contribution in [0.4, 0.5) is 0 Å².